The number of aromatic nitrogens is 3. The lowest BCUT2D eigenvalue weighted by Gasteiger charge is -2.06. The molecule has 1 aromatic carbocycles. The van der Waals surface area contributed by atoms with Gasteiger partial charge in [0.05, 0.1) is 17.9 Å². The van der Waals surface area contributed by atoms with Gasteiger partial charge in [0.25, 0.3) is 0 Å². The van der Waals surface area contributed by atoms with Crippen molar-refractivity contribution in [1.82, 2.24) is 14.8 Å². The fraction of sp³-hybridized carbons (Fsp3) is 0.143. The van der Waals surface area contributed by atoms with E-state index in [1.165, 1.54) is 0 Å². The second-order valence-electron chi connectivity index (χ2n) is 4.22. The Labute approximate surface area is 110 Å². The SMILES string of the molecule is CCn1cc(Oc2ccnc3cc(N)ccc23)cn1. The topological polar surface area (TPSA) is 66.0 Å². The van der Waals surface area contributed by atoms with Crippen molar-refractivity contribution in [3.05, 3.63) is 42.9 Å². The predicted octanol–water partition coefficient (Wildman–Crippen LogP) is 2.83. The van der Waals surface area contributed by atoms with Gasteiger partial charge < -0.3 is 10.5 Å². The first kappa shape index (κ1) is 11.5. The molecule has 0 aliphatic rings. The van der Waals surface area contributed by atoms with Gasteiger partial charge in [0.15, 0.2) is 5.75 Å². The summed E-state index contributed by atoms with van der Waals surface area (Å²) >= 11 is 0. The molecule has 5 nitrogen and oxygen atoms in total. The van der Waals surface area contributed by atoms with Crippen LogP contribution in [0.15, 0.2) is 42.9 Å². The summed E-state index contributed by atoms with van der Waals surface area (Å²) in [6, 6.07) is 7.42. The van der Waals surface area contributed by atoms with Gasteiger partial charge >= 0.3 is 0 Å². The third kappa shape index (κ3) is 2.22. The molecule has 0 radical (unpaired) electrons. The quantitative estimate of drug-likeness (QED) is 0.730. The van der Waals surface area contributed by atoms with Gasteiger partial charge in [-0.25, -0.2) is 0 Å². The molecule has 0 fully saturated rings. The van der Waals surface area contributed by atoms with Gasteiger partial charge in [-0.3, -0.25) is 9.67 Å². The van der Waals surface area contributed by atoms with Crippen molar-refractivity contribution >= 4 is 16.6 Å². The Morgan fingerprint density at radius 3 is 3.00 bits per heavy atom. The van der Waals surface area contributed by atoms with Crippen molar-refractivity contribution in [2.45, 2.75) is 13.5 Å². The molecule has 2 N–H and O–H groups in total. The van der Waals surface area contributed by atoms with E-state index in [9.17, 15) is 0 Å². The second-order valence-corrected chi connectivity index (χ2v) is 4.22. The van der Waals surface area contributed by atoms with Crippen LogP contribution >= 0.6 is 0 Å². The zero-order valence-corrected chi connectivity index (χ0v) is 10.6. The van der Waals surface area contributed by atoms with Crippen LogP contribution in [0.3, 0.4) is 0 Å². The summed E-state index contributed by atoms with van der Waals surface area (Å²) in [5, 5.41) is 5.11. The van der Waals surface area contributed by atoms with Crippen molar-refractivity contribution in [3.63, 3.8) is 0 Å². The van der Waals surface area contributed by atoms with Crippen LogP contribution in [0.25, 0.3) is 10.9 Å². The summed E-state index contributed by atoms with van der Waals surface area (Å²) < 4.78 is 7.67. The number of hydrogen-bond donors (Lipinski definition) is 1. The first-order chi connectivity index (χ1) is 9.26. The van der Waals surface area contributed by atoms with Crippen LogP contribution in [0.4, 0.5) is 5.69 Å². The molecule has 0 spiro atoms. The largest absolute Gasteiger partial charge is 0.453 e. The van der Waals surface area contributed by atoms with E-state index in [-0.39, 0.29) is 0 Å². The summed E-state index contributed by atoms with van der Waals surface area (Å²) in [5.74, 6) is 1.46. The number of nitrogens with two attached hydrogens (primary N) is 1. The van der Waals surface area contributed by atoms with Gasteiger partial charge in [-0.2, -0.15) is 5.10 Å². The maximum atomic E-state index is 5.85. The molecule has 3 aromatic rings. The van der Waals surface area contributed by atoms with Gasteiger partial charge in [0, 0.05) is 23.8 Å². The molecule has 0 unspecified atom stereocenters. The highest BCUT2D eigenvalue weighted by Gasteiger charge is 2.06. The molecule has 0 saturated carbocycles. The Bertz CT molecular complexity index is 720. The number of pyridine rings is 1. The third-order valence-corrected chi connectivity index (χ3v) is 2.89. The van der Waals surface area contributed by atoms with Crippen molar-refractivity contribution in [3.8, 4) is 11.5 Å². The first-order valence-corrected chi connectivity index (χ1v) is 6.11. The monoisotopic (exact) mass is 254 g/mol. The van der Waals surface area contributed by atoms with E-state index in [0.717, 1.165) is 23.2 Å². The highest BCUT2D eigenvalue weighted by molar-refractivity contribution is 5.87. The molecule has 96 valence electrons. The third-order valence-electron chi connectivity index (χ3n) is 2.89. The fourth-order valence-corrected chi connectivity index (χ4v) is 1.93. The van der Waals surface area contributed by atoms with E-state index >= 15 is 0 Å². The zero-order chi connectivity index (χ0) is 13.2. The lowest BCUT2D eigenvalue weighted by Crippen LogP contribution is -1.92. The number of nitrogen functional groups attached to an aromatic ring is 1. The lowest BCUT2D eigenvalue weighted by atomic mass is 10.2. The van der Waals surface area contributed by atoms with Gasteiger partial charge in [-0.05, 0) is 31.2 Å². The molecule has 0 atom stereocenters. The highest BCUT2D eigenvalue weighted by atomic mass is 16.5. The van der Waals surface area contributed by atoms with Crippen LogP contribution in [0, 0.1) is 0 Å². The van der Waals surface area contributed by atoms with Crippen molar-refractivity contribution in [2.24, 2.45) is 0 Å². The van der Waals surface area contributed by atoms with Crippen molar-refractivity contribution in [1.29, 1.82) is 0 Å². The maximum absolute atomic E-state index is 5.85. The van der Waals surface area contributed by atoms with E-state index in [4.69, 9.17) is 10.5 Å². The van der Waals surface area contributed by atoms with E-state index in [0.29, 0.717) is 11.4 Å². The van der Waals surface area contributed by atoms with E-state index in [1.54, 1.807) is 12.4 Å². The molecule has 0 saturated heterocycles. The normalized spacial score (nSPS) is 10.8. The smallest absolute Gasteiger partial charge is 0.165 e. The molecule has 19 heavy (non-hydrogen) atoms. The van der Waals surface area contributed by atoms with Gasteiger partial charge in [-0.15, -0.1) is 0 Å². The fourth-order valence-electron chi connectivity index (χ4n) is 1.93. The molecule has 3 rings (SSSR count). The second kappa shape index (κ2) is 4.61. The minimum Gasteiger partial charge on any atom is -0.453 e. The maximum Gasteiger partial charge on any atom is 0.165 e. The number of benzene rings is 1. The van der Waals surface area contributed by atoms with Crippen LogP contribution < -0.4 is 10.5 Å². The van der Waals surface area contributed by atoms with Gasteiger partial charge in [0.1, 0.15) is 5.75 Å². The number of anilines is 1. The standard InChI is InChI=1S/C14H14N4O/c1-2-18-9-11(8-17-18)19-14-5-6-16-13-7-10(15)3-4-12(13)14/h3-9H,2,15H2,1H3. The molecule has 2 aromatic heterocycles. The molecule has 2 heterocycles. The minimum atomic E-state index is 0.691. The molecular weight excluding hydrogens is 240 g/mol. The molecule has 0 aliphatic heterocycles. The number of hydrogen-bond acceptors (Lipinski definition) is 4. The Morgan fingerprint density at radius 1 is 1.32 bits per heavy atom. The minimum absolute atomic E-state index is 0.691. The molecular formula is C14H14N4O. The highest BCUT2D eigenvalue weighted by Crippen LogP contribution is 2.29. The number of fused-ring (bicyclic) bond motifs is 1. The van der Waals surface area contributed by atoms with Crippen molar-refractivity contribution < 1.29 is 4.74 Å². The van der Waals surface area contributed by atoms with E-state index < -0.39 is 0 Å². The number of ether oxygens (including phenoxy) is 1. The Kier molecular flexibility index (Phi) is 2.79. The summed E-state index contributed by atoms with van der Waals surface area (Å²) in [4.78, 5) is 4.28. The average molecular weight is 254 g/mol. The average Bonchev–Trinajstić information content (AvgIpc) is 2.86. The summed E-state index contributed by atoms with van der Waals surface area (Å²) in [6.07, 6.45) is 5.28. The zero-order valence-electron chi connectivity index (χ0n) is 10.6. The Balaban J connectivity index is 2.00. The van der Waals surface area contributed by atoms with Crippen LogP contribution in [-0.4, -0.2) is 14.8 Å². The van der Waals surface area contributed by atoms with Gasteiger partial charge in [-0.1, -0.05) is 0 Å². The van der Waals surface area contributed by atoms with Gasteiger partial charge in [0.2, 0.25) is 0 Å². The van der Waals surface area contributed by atoms with E-state index in [2.05, 4.69) is 10.1 Å². The van der Waals surface area contributed by atoms with Crippen molar-refractivity contribution in [2.75, 3.05) is 5.73 Å². The Hall–Kier alpha value is -2.56. The summed E-state index contributed by atoms with van der Waals surface area (Å²) in [6.45, 7) is 2.85. The van der Waals surface area contributed by atoms with Crippen LogP contribution in [-0.2, 0) is 6.54 Å². The van der Waals surface area contributed by atoms with Crippen LogP contribution in [0.2, 0.25) is 0 Å². The van der Waals surface area contributed by atoms with E-state index in [1.807, 2.05) is 42.1 Å². The molecule has 0 amide bonds. The molecule has 5 heteroatoms. The molecule has 0 aliphatic carbocycles. The Morgan fingerprint density at radius 2 is 2.21 bits per heavy atom. The lowest BCUT2D eigenvalue weighted by molar-refractivity contribution is 0.486. The summed E-state index contributed by atoms with van der Waals surface area (Å²) in [7, 11) is 0. The predicted molar refractivity (Wildman–Crippen MR) is 74.1 cm³/mol. The number of nitrogens with zero attached hydrogens (tertiary/aromatic N) is 3. The number of aryl methyl sites for hydroxylation is 1. The molecule has 0 bridgehead atoms. The van der Waals surface area contributed by atoms with Crippen LogP contribution in [0.1, 0.15) is 6.92 Å². The summed E-state index contributed by atoms with van der Waals surface area (Å²) in [5.41, 5.74) is 7.26. The number of rotatable bonds is 3. The first-order valence-electron chi connectivity index (χ1n) is 6.11. The van der Waals surface area contributed by atoms with Crippen LogP contribution in [0.5, 0.6) is 11.5 Å².